The number of ether oxygens (including phenoxy) is 2. The van der Waals surface area contributed by atoms with Gasteiger partial charge in [-0.05, 0) is 5.56 Å². The van der Waals surface area contributed by atoms with Crippen LogP contribution in [0, 0.1) is 5.92 Å². The molecule has 0 spiro atoms. The molecule has 0 aliphatic carbocycles. The third-order valence-electron chi connectivity index (χ3n) is 3.00. The largest absolute Gasteiger partial charge is 0.461 e. The molecule has 6 nitrogen and oxygen atoms in total. The van der Waals surface area contributed by atoms with E-state index in [9.17, 15) is 14.4 Å². The molecule has 0 saturated carbocycles. The second-order valence-corrected chi connectivity index (χ2v) is 5.10. The molecule has 1 aromatic carbocycles. The number of hydrogen-bond donors (Lipinski definition) is 1. The number of benzene rings is 1. The Bertz CT molecular complexity index is 513. The van der Waals surface area contributed by atoms with Crippen molar-refractivity contribution in [1.29, 1.82) is 0 Å². The molecule has 0 radical (unpaired) electrons. The van der Waals surface area contributed by atoms with Gasteiger partial charge in [0.25, 0.3) is 0 Å². The van der Waals surface area contributed by atoms with Crippen LogP contribution in [0.2, 0.25) is 0 Å². The summed E-state index contributed by atoms with van der Waals surface area (Å²) in [6.07, 6.45) is -0.978. The number of amides is 1. The number of carbonyl (C=O) groups is 3. The van der Waals surface area contributed by atoms with Gasteiger partial charge in [0.2, 0.25) is 0 Å². The van der Waals surface area contributed by atoms with E-state index < -0.39 is 18.1 Å². The molecule has 0 bridgehead atoms. The summed E-state index contributed by atoms with van der Waals surface area (Å²) in [4.78, 5) is 35.2. The summed E-state index contributed by atoms with van der Waals surface area (Å²) in [7, 11) is 1.19. The van der Waals surface area contributed by atoms with Crippen molar-refractivity contribution in [3.8, 4) is 0 Å². The predicted octanol–water partition coefficient (Wildman–Crippen LogP) is 2.07. The van der Waals surface area contributed by atoms with Gasteiger partial charge in [-0.15, -0.1) is 0 Å². The first kappa shape index (κ1) is 17.7. The highest BCUT2D eigenvalue weighted by molar-refractivity contribution is 5.92. The zero-order valence-electron chi connectivity index (χ0n) is 13.0. The van der Waals surface area contributed by atoms with Crippen molar-refractivity contribution in [3.63, 3.8) is 0 Å². The van der Waals surface area contributed by atoms with Crippen LogP contribution in [-0.4, -0.2) is 31.0 Å². The van der Waals surface area contributed by atoms with Gasteiger partial charge in [-0.2, -0.15) is 0 Å². The lowest BCUT2D eigenvalue weighted by atomic mass is 9.99. The van der Waals surface area contributed by atoms with E-state index in [1.807, 2.05) is 30.3 Å². The SMILES string of the molecule is COC(=O)NC(CC(=O)OCc1ccccc1)C(=O)C(C)C. The summed E-state index contributed by atoms with van der Waals surface area (Å²) in [5.74, 6) is -1.12. The van der Waals surface area contributed by atoms with Gasteiger partial charge in [0.05, 0.1) is 13.5 Å². The van der Waals surface area contributed by atoms with Crippen LogP contribution >= 0.6 is 0 Å². The van der Waals surface area contributed by atoms with Gasteiger partial charge in [0.1, 0.15) is 12.6 Å². The van der Waals surface area contributed by atoms with E-state index in [2.05, 4.69) is 10.1 Å². The molecule has 1 amide bonds. The molecule has 0 aliphatic heterocycles. The van der Waals surface area contributed by atoms with Crippen molar-refractivity contribution in [2.45, 2.75) is 32.9 Å². The van der Waals surface area contributed by atoms with E-state index in [0.717, 1.165) is 5.56 Å². The van der Waals surface area contributed by atoms with E-state index in [1.165, 1.54) is 7.11 Å². The Morgan fingerprint density at radius 2 is 1.77 bits per heavy atom. The van der Waals surface area contributed by atoms with Gasteiger partial charge >= 0.3 is 12.1 Å². The highest BCUT2D eigenvalue weighted by Crippen LogP contribution is 2.07. The number of methoxy groups -OCH3 is 1. The van der Waals surface area contributed by atoms with E-state index in [4.69, 9.17) is 4.74 Å². The van der Waals surface area contributed by atoms with E-state index in [0.29, 0.717) is 0 Å². The summed E-state index contributed by atoms with van der Waals surface area (Å²) < 4.78 is 9.59. The number of nitrogens with one attached hydrogen (secondary N) is 1. The number of alkyl carbamates (subject to hydrolysis) is 1. The van der Waals surface area contributed by atoms with E-state index in [1.54, 1.807) is 13.8 Å². The molecule has 1 atom stereocenters. The first-order valence-corrected chi connectivity index (χ1v) is 7.01. The minimum Gasteiger partial charge on any atom is -0.461 e. The summed E-state index contributed by atoms with van der Waals surface area (Å²) >= 11 is 0. The van der Waals surface area contributed by atoms with Crippen LogP contribution < -0.4 is 5.32 Å². The Kier molecular flexibility index (Phi) is 7.08. The van der Waals surface area contributed by atoms with Gasteiger partial charge in [0, 0.05) is 5.92 Å². The zero-order chi connectivity index (χ0) is 16.5. The lowest BCUT2D eigenvalue weighted by Crippen LogP contribution is -2.44. The fourth-order valence-corrected chi connectivity index (χ4v) is 1.79. The lowest BCUT2D eigenvalue weighted by molar-refractivity contribution is -0.147. The Hall–Kier alpha value is -2.37. The minimum absolute atomic E-state index is 0.125. The molecule has 0 heterocycles. The average molecular weight is 307 g/mol. The summed E-state index contributed by atoms with van der Waals surface area (Å²) in [5.41, 5.74) is 0.850. The Balaban J connectivity index is 2.58. The van der Waals surface area contributed by atoms with Crippen molar-refractivity contribution in [2.24, 2.45) is 5.92 Å². The number of Topliss-reactive ketones (excluding diaryl/α,β-unsaturated/α-hetero) is 1. The van der Waals surface area contributed by atoms with Crippen LogP contribution in [0.4, 0.5) is 4.79 Å². The molecule has 1 rings (SSSR count). The van der Waals surface area contributed by atoms with Crippen molar-refractivity contribution < 1.29 is 23.9 Å². The molecule has 0 saturated heterocycles. The fourth-order valence-electron chi connectivity index (χ4n) is 1.79. The maximum atomic E-state index is 12.0. The van der Waals surface area contributed by atoms with E-state index >= 15 is 0 Å². The van der Waals surface area contributed by atoms with Gasteiger partial charge in [-0.3, -0.25) is 9.59 Å². The smallest absolute Gasteiger partial charge is 0.407 e. The second kappa shape index (κ2) is 8.81. The third kappa shape index (κ3) is 5.95. The molecular formula is C16H21NO5. The number of ketones is 1. The Labute approximate surface area is 129 Å². The monoisotopic (exact) mass is 307 g/mol. The normalized spacial score (nSPS) is 11.6. The predicted molar refractivity (Wildman–Crippen MR) is 80.0 cm³/mol. The van der Waals surface area contributed by atoms with Crippen LogP contribution in [0.25, 0.3) is 0 Å². The van der Waals surface area contributed by atoms with Crippen molar-refractivity contribution in [2.75, 3.05) is 7.11 Å². The van der Waals surface area contributed by atoms with Gasteiger partial charge in [-0.25, -0.2) is 4.79 Å². The summed E-state index contributed by atoms with van der Waals surface area (Å²) in [6.45, 7) is 3.52. The molecule has 0 fully saturated rings. The Morgan fingerprint density at radius 3 is 2.32 bits per heavy atom. The maximum Gasteiger partial charge on any atom is 0.407 e. The molecule has 1 aromatic rings. The molecule has 120 valence electrons. The highest BCUT2D eigenvalue weighted by atomic mass is 16.5. The van der Waals surface area contributed by atoms with Crippen molar-refractivity contribution in [3.05, 3.63) is 35.9 Å². The maximum absolute atomic E-state index is 12.0. The van der Waals surface area contributed by atoms with Crippen molar-refractivity contribution in [1.82, 2.24) is 5.32 Å². The minimum atomic E-state index is -0.948. The zero-order valence-corrected chi connectivity index (χ0v) is 13.0. The van der Waals surface area contributed by atoms with Crippen LogP contribution in [0.1, 0.15) is 25.8 Å². The third-order valence-corrected chi connectivity index (χ3v) is 3.00. The van der Waals surface area contributed by atoms with Gasteiger partial charge in [0.15, 0.2) is 5.78 Å². The number of carbonyl (C=O) groups excluding carboxylic acids is 3. The van der Waals surface area contributed by atoms with Crippen LogP contribution in [-0.2, 0) is 25.7 Å². The first-order valence-electron chi connectivity index (χ1n) is 7.01. The fraction of sp³-hybridized carbons (Fsp3) is 0.438. The van der Waals surface area contributed by atoms with Gasteiger partial charge < -0.3 is 14.8 Å². The number of rotatable bonds is 7. The molecule has 1 N–H and O–H groups in total. The quantitative estimate of drug-likeness (QED) is 0.780. The first-order chi connectivity index (χ1) is 10.4. The molecule has 1 unspecified atom stereocenters. The van der Waals surface area contributed by atoms with Crippen molar-refractivity contribution >= 4 is 17.8 Å². The standard InChI is InChI=1S/C16H21NO5/c1-11(2)15(19)13(17-16(20)21-3)9-14(18)22-10-12-7-5-4-6-8-12/h4-8,11,13H,9-10H2,1-3H3,(H,17,20). The molecule has 0 aromatic heterocycles. The Morgan fingerprint density at radius 1 is 1.14 bits per heavy atom. The molecule has 6 heteroatoms. The number of hydrogen-bond acceptors (Lipinski definition) is 5. The van der Waals surface area contributed by atoms with Crippen LogP contribution in [0.3, 0.4) is 0 Å². The summed E-state index contributed by atoms with van der Waals surface area (Å²) in [5, 5.41) is 2.37. The highest BCUT2D eigenvalue weighted by Gasteiger charge is 2.26. The molecule has 22 heavy (non-hydrogen) atoms. The lowest BCUT2D eigenvalue weighted by Gasteiger charge is -2.18. The topological polar surface area (TPSA) is 81.7 Å². The summed E-state index contributed by atoms with van der Waals surface area (Å²) in [6, 6.07) is 8.26. The van der Waals surface area contributed by atoms with E-state index in [-0.39, 0.29) is 24.7 Å². The molecular weight excluding hydrogens is 286 g/mol. The van der Waals surface area contributed by atoms with Crippen LogP contribution in [0.5, 0.6) is 0 Å². The number of esters is 1. The van der Waals surface area contributed by atoms with Crippen LogP contribution in [0.15, 0.2) is 30.3 Å². The van der Waals surface area contributed by atoms with Gasteiger partial charge in [-0.1, -0.05) is 44.2 Å². The second-order valence-electron chi connectivity index (χ2n) is 5.10. The average Bonchev–Trinajstić information content (AvgIpc) is 2.52. The molecule has 0 aliphatic rings.